The zero-order valence-electron chi connectivity index (χ0n) is 14.2. The first-order valence-electron chi connectivity index (χ1n) is 7.21. The lowest BCUT2D eigenvalue weighted by atomic mass is 10.2. The highest BCUT2D eigenvalue weighted by atomic mass is 79.9. The maximum atomic E-state index is 13.7. The fourth-order valence-corrected chi connectivity index (χ4v) is 5.26. The van der Waals surface area contributed by atoms with Gasteiger partial charge in [0.1, 0.15) is 12.1 Å². The maximum absolute atomic E-state index is 13.7. The SMILES string of the molecule is Cc1c(Br)c2ccc(F)cc2n1S(=O)(=O)c1ncn(S(=O)(=O)ON(C)C)n1. The van der Waals surface area contributed by atoms with Gasteiger partial charge in [-0.2, -0.15) is 26.2 Å². The quantitative estimate of drug-likeness (QED) is 0.500. The molecule has 27 heavy (non-hydrogen) atoms. The van der Waals surface area contributed by atoms with Crippen molar-refractivity contribution in [2.75, 3.05) is 14.1 Å². The van der Waals surface area contributed by atoms with Crippen molar-refractivity contribution in [1.29, 1.82) is 0 Å². The Kier molecular flexibility index (Phi) is 4.88. The molecule has 10 nitrogen and oxygen atoms in total. The van der Waals surface area contributed by atoms with Crippen LogP contribution in [0, 0.1) is 12.7 Å². The molecule has 0 atom stereocenters. The van der Waals surface area contributed by atoms with E-state index in [1.54, 1.807) is 0 Å². The van der Waals surface area contributed by atoms with Gasteiger partial charge >= 0.3 is 20.3 Å². The van der Waals surface area contributed by atoms with Crippen molar-refractivity contribution >= 4 is 47.2 Å². The lowest BCUT2D eigenvalue weighted by Gasteiger charge is -2.09. The van der Waals surface area contributed by atoms with Gasteiger partial charge in [-0.25, -0.2) is 13.3 Å². The molecule has 3 rings (SSSR count). The summed E-state index contributed by atoms with van der Waals surface area (Å²) in [7, 11) is -6.17. The average Bonchev–Trinajstić information content (AvgIpc) is 3.12. The van der Waals surface area contributed by atoms with Gasteiger partial charge in [-0.3, -0.25) is 0 Å². The molecule has 146 valence electrons. The molecule has 0 saturated heterocycles. The molecule has 0 unspecified atom stereocenters. The minimum Gasteiger partial charge on any atom is -0.234 e. The first-order chi connectivity index (χ1) is 12.4. The van der Waals surface area contributed by atoms with Crippen LogP contribution in [-0.2, 0) is 24.6 Å². The summed E-state index contributed by atoms with van der Waals surface area (Å²) in [6, 6.07) is 3.67. The zero-order valence-corrected chi connectivity index (χ0v) is 17.4. The number of fused-ring (bicyclic) bond motifs is 1. The van der Waals surface area contributed by atoms with Crippen molar-refractivity contribution in [3.8, 4) is 0 Å². The summed E-state index contributed by atoms with van der Waals surface area (Å²) < 4.78 is 69.8. The van der Waals surface area contributed by atoms with E-state index in [1.165, 1.54) is 33.2 Å². The number of hydroxylamine groups is 2. The van der Waals surface area contributed by atoms with E-state index in [9.17, 15) is 21.2 Å². The van der Waals surface area contributed by atoms with Crippen molar-refractivity contribution in [1.82, 2.24) is 23.2 Å². The Morgan fingerprint density at radius 2 is 1.89 bits per heavy atom. The van der Waals surface area contributed by atoms with E-state index in [1.807, 2.05) is 0 Å². The molecule has 0 spiro atoms. The molecule has 3 aromatic rings. The van der Waals surface area contributed by atoms with Crippen molar-refractivity contribution in [2.24, 2.45) is 0 Å². The van der Waals surface area contributed by atoms with E-state index >= 15 is 0 Å². The second kappa shape index (κ2) is 6.63. The Bertz CT molecular complexity index is 1250. The largest absolute Gasteiger partial charge is 0.399 e. The molecule has 2 aromatic heterocycles. The van der Waals surface area contributed by atoms with Crippen molar-refractivity contribution in [3.63, 3.8) is 0 Å². The second-order valence-electron chi connectivity index (χ2n) is 5.57. The summed E-state index contributed by atoms with van der Waals surface area (Å²) in [4.78, 5) is 3.57. The fourth-order valence-electron chi connectivity index (χ4n) is 2.40. The molecule has 0 aliphatic heterocycles. The maximum Gasteiger partial charge on any atom is 0.399 e. The molecular formula is C13H13BrFN5O5S2. The second-order valence-corrected chi connectivity index (χ2v) is 9.43. The zero-order chi connectivity index (χ0) is 20.1. The third-order valence-electron chi connectivity index (χ3n) is 3.43. The van der Waals surface area contributed by atoms with Gasteiger partial charge < -0.3 is 0 Å². The van der Waals surface area contributed by atoms with Gasteiger partial charge in [-0.15, -0.1) is 9.19 Å². The number of nitrogens with zero attached hydrogens (tertiary/aromatic N) is 5. The number of halogens is 2. The Labute approximate surface area is 162 Å². The standard InChI is InChI=1S/C13H13BrFN5O5S2/c1-8-12(14)10-5-4-9(15)6-11(10)20(8)26(21,22)13-16-7-19(17-13)27(23,24)25-18(2)3/h4-7H,1-3H3. The van der Waals surface area contributed by atoms with Gasteiger partial charge in [0.25, 0.3) is 5.16 Å². The molecule has 0 aliphatic rings. The van der Waals surface area contributed by atoms with Crippen molar-refractivity contribution < 1.29 is 25.5 Å². The summed E-state index contributed by atoms with van der Waals surface area (Å²) in [5.74, 6) is -0.635. The average molecular weight is 482 g/mol. The van der Waals surface area contributed by atoms with Crippen LogP contribution in [0.1, 0.15) is 5.69 Å². The third kappa shape index (κ3) is 3.38. The predicted octanol–water partition coefficient (Wildman–Crippen LogP) is 1.27. The van der Waals surface area contributed by atoms with E-state index in [-0.39, 0.29) is 15.3 Å². The lowest BCUT2D eigenvalue weighted by Crippen LogP contribution is -2.25. The highest BCUT2D eigenvalue weighted by Crippen LogP contribution is 2.33. The predicted molar refractivity (Wildman–Crippen MR) is 96.0 cm³/mol. The van der Waals surface area contributed by atoms with Gasteiger partial charge in [0.15, 0.2) is 0 Å². The highest BCUT2D eigenvalue weighted by Gasteiger charge is 2.30. The Balaban J connectivity index is 2.19. The van der Waals surface area contributed by atoms with Gasteiger partial charge in [-0.05, 0) is 41.1 Å². The summed E-state index contributed by atoms with van der Waals surface area (Å²) in [6.45, 7) is 1.50. The Morgan fingerprint density at radius 3 is 2.52 bits per heavy atom. The minimum atomic E-state index is -4.42. The normalized spacial score (nSPS) is 13.0. The first-order valence-corrected chi connectivity index (χ1v) is 10.8. The topological polar surface area (TPSA) is 116 Å². The minimum absolute atomic E-state index is 0.0584. The molecule has 0 N–H and O–H groups in total. The smallest absolute Gasteiger partial charge is 0.234 e. The molecule has 0 amide bonds. The van der Waals surface area contributed by atoms with Gasteiger partial charge in [0.2, 0.25) is 0 Å². The summed E-state index contributed by atoms with van der Waals surface area (Å²) in [5, 5.41) is 4.08. The van der Waals surface area contributed by atoms with E-state index in [0.29, 0.717) is 16.2 Å². The van der Waals surface area contributed by atoms with Crippen molar-refractivity contribution in [3.05, 3.63) is 40.5 Å². The van der Waals surface area contributed by atoms with Gasteiger partial charge in [0, 0.05) is 29.6 Å². The molecule has 0 saturated carbocycles. The Morgan fingerprint density at radius 1 is 1.22 bits per heavy atom. The van der Waals surface area contributed by atoms with Crippen LogP contribution in [0.2, 0.25) is 0 Å². The number of hydrogen-bond acceptors (Lipinski definition) is 8. The molecule has 14 heteroatoms. The highest BCUT2D eigenvalue weighted by molar-refractivity contribution is 9.10. The molecule has 1 aromatic carbocycles. The summed E-state index contributed by atoms with van der Waals surface area (Å²) in [5.41, 5.74) is 0.308. The number of benzene rings is 1. The number of aromatic nitrogens is 4. The molecule has 2 heterocycles. The fraction of sp³-hybridized carbons (Fsp3) is 0.231. The van der Waals surface area contributed by atoms with Gasteiger partial charge in [0.05, 0.1) is 5.52 Å². The molecule has 0 bridgehead atoms. The number of hydrogen-bond donors (Lipinski definition) is 0. The molecule has 0 aliphatic carbocycles. The monoisotopic (exact) mass is 481 g/mol. The molecule has 0 fully saturated rings. The van der Waals surface area contributed by atoms with Crippen LogP contribution in [0.5, 0.6) is 0 Å². The Hall–Kier alpha value is -1.87. The van der Waals surface area contributed by atoms with Crippen LogP contribution in [0.25, 0.3) is 10.9 Å². The third-order valence-corrected chi connectivity index (χ3v) is 7.15. The first kappa shape index (κ1) is 19.9. The van der Waals surface area contributed by atoms with Crippen LogP contribution in [-0.4, -0.2) is 54.1 Å². The number of rotatable bonds is 5. The van der Waals surface area contributed by atoms with Crippen LogP contribution < -0.4 is 0 Å². The molecule has 0 radical (unpaired) electrons. The van der Waals surface area contributed by atoms with E-state index < -0.39 is 31.3 Å². The van der Waals surface area contributed by atoms with E-state index in [0.717, 1.165) is 15.1 Å². The van der Waals surface area contributed by atoms with Crippen LogP contribution >= 0.6 is 15.9 Å². The molecular weight excluding hydrogens is 469 g/mol. The summed E-state index contributed by atoms with van der Waals surface area (Å²) >= 11 is 3.28. The van der Waals surface area contributed by atoms with E-state index in [2.05, 4.69) is 30.3 Å². The van der Waals surface area contributed by atoms with E-state index in [4.69, 9.17) is 0 Å². The van der Waals surface area contributed by atoms with Crippen LogP contribution in [0.15, 0.2) is 34.2 Å². The van der Waals surface area contributed by atoms with Gasteiger partial charge in [-0.1, -0.05) is 0 Å². The van der Waals surface area contributed by atoms with Crippen LogP contribution in [0.4, 0.5) is 4.39 Å². The lowest BCUT2D eigenvalue weighted by molar-refractivity contribution is 0.00271. The summed E-state index contributed by atoms with van der Waals surface area (Å²) in [6.07, 6.45) is 0.697. The van der Waals surface area contributed by atoms with Crippen LogP contribution in [0.3, 0.4) is 0 Å². The van der Waals surface area contributed by atoms with Crippen molar-refractivity contribution in [2.45, 2.75) is 12.1 Å².